The summed E-state index contributed by atoms with van der Waals surface area (Å²) >= 11 is 0. The molecule has 2 aromatic rings. The number of alkyl halides is 6. The Balaban J connectivity index is 0.000000283. The molecule has 0 amide bonds. The zero-order valence-corrected chi connectivity index (χ0v) is 18.8. The second kappa shape index (κ2) is 12.8. The number of halogens is 6. The van der Waals surface area contributed by atoms with Crippen LogP contribution in [0.3, 0.4) is 0 Å². The molecule has 5 nitrogen and oxygen atoms in total. The third-order valence-corrected chi connectivity index (χ3v) is 5.24. The first kappa shape index (κ1) is 28.4. The summed E-state index contributed by atoms with van der Waals surface area (Å²) in [6, 6.07) is 13.8. The van der Waals surface area contributed by atoms with Crippen LogP contribution in [0.25, 0.3) is 11.1 Å². The van der Waals surface area contributed by atoms with Crippen molar-refractivity contribution in [2.75, 3.05) is 13.9 Å². The van der Waals surface area contributed by atoms with Crippen molar-refractivity contribution in [3.05, 3.63) is 54.6 Å². The number of carboxylic acid groups (broad SMARTS) is 1. The largest absolute Gasteiger partial charge is 0.481 e. The van der Waals surface area contributed by atoms with Crippen molar-refractivity contribution in [2.45, 2.75) is 50.2 Å². The van der Waals surface area contributed by atoms with Crippen LogP contribution in [0, 0.1) is 5.92 Å². The van der Waals surface area contributed by atoms with Gasteiger partial charge in [0.05, 0.1) is 12.0 Å². The van der Waals surface area contributed by atoms with Crippen molar-refractivity contribution < 1.29 is 50.5 Å². The first-order valence-electron chi connectivity index (χ1n) is 10.7. The number of hydrogen-bond donors (Lipinski definition) is 1. The molecule has 2 aromatic carbocycles. The van der Waals surface area contributed by atoms with Gasteiger partial charge in [-0.25, -0.2) is 4.39 Å². The van der Waals surface area contributed by atoms with Gasteiger partial charge in [0.25, 0.3) is 6.17 Å². The third kappa shape index (κ3) is 9.06. The maximum atomic E-state index is 13.1. The van der Waals surface area contributed by atoms with Crippen LogP contribution >= 0.6 is 0 Å². The highest BCUT2D eigenvalue weighted by Gasteiger charge is 2.59. The lowest BCUT2D eigenvalue weighted by atomic mass is 9.87. The predicted octanol–water partition coefficient (Wildman–Crippen LogP) is 6.48. The lowest BCUT2D eigenvalue weighted by Crippen LogP contribution is -2.45. The maximum Gasteiger partial charge on any atom is 0.439 e. The molecule has 1 saturated carbocycles. The molecule has 0 aromatic heterocycles. The van der Waals surface area contributed by atoms with Crippen LogP contribution in [0.5, 0.6) is 5.75 Å². The van der Waals surface area contributed by atoms with Gasteiger partial charge < -0.3 is 19.3 Å². The van der Waals surface area contributed by atoms with Crippen molar-refractivity contribution in [1.82, 2.24) is 0 Å². The number of benzene rings is 2. The Bertz CT molecular complexity index is 897. The van der Waals surface area contributed by atoms with Crippen LogP contribution in [0.4, 0.5) is 26.3 Å². The van der Waals surface area contributed by atoms with Gasteiger partial charge in [-0.3, -0.25) is 4.79 Å². The van der Waals surface area contributed by atoms with Gasteiger partial charge in [-0.2, -0.15) is 22.0 Å². The molecule has 0 spiro atoms. The van der Waals surface area contributed by atoms with Gasteiger partial charge >= 0.3 is 18.3 Å². The quantitative estimate of drug-likeness (QED) is 0.327. The molecule has 0 saturated heterocycles. The topological polar surface area (TPSA) is 65.0 Å². The van der Waals surface area contributed by atoms with Crippen LogP contribution in [-0.4, -0.2) is 49.5 Å². The summed E-state index contributed by atoms with van der Waals surface area (Å²) in [6.45, 7) is 0.308. The Morgan fingerprint density at radius 1 is 0.943 bits per heavy atom. The Morgan fingerprint density at radius 3 is 1.97 bits per heavy atom. The van der Waals surface area contributed by atoms with Crippen molar-refractivity contribution in [2.24, 2.45) is 5.92 Å². The Morgan fingerprint density at radius 2 is 1.49 bits per heavy atom. The summed E-state index contributed by atoms with van der Waals surface area (Å²) < 4.78 is 88.9. The first-order valence-corrected chi connectivity index (χ1v) is 10.7. The van der Waals surface area contributed by atoms with E-state index in [2.05, 4.69) is 4.74 Å². The lowest BCUT2D eigenvalue weighted by molar-refractivity contribution is -0.304. The number of carboxylic acids is 1. The highest BCUT2D eigenvalue weighted by Crippen LogP contribution is 2.37. The molecular weight excluding hydrogens is 482 g/mol. The Labute approximate surface area is 198 Å². The third-order valence-electron chi connectivity index (χ3n) is 5.24. The molecule has 35 heavy (non-hydrogen) atoms. The second-order valence-electron chi connectivity index (χ2n) is 7.84. The van der Waals surface area contributed by atoms with Crippen LogP contribution in [0.2, 0.25) is 0 Å². The fourth-order valence-corrected chi connectivity index (χ4v) is 3.39. The summed E-state index contributed by atoms with van der Waals surface area (Å²) in [6.07, 6.45) is -11.8. The van der Waals surface area contributed by atoms with E-state index in [1.807, 2.05) is 0 Å². The van der Waals surface area contributed by atoms with Gasteiger partial charge in [0.1, 0.15) is 12.5 Å². The molecule has 11 heteroatoms. The summed E-state index contributed by atoms with van der Waals surface area (Å²) in [5.41, 5.74) is 1.45. The van der Waals surface area contributed by atoms with E-state index < -0.39 is 30.2 Å². The minimum Gasteiger partial charge on any atom is -0.481 e. The lowest BCUT2D eigenvalue weighted by Gasteiger charge is -2.25. The zero-order valence-electron chi connectivity index (χ0n) is 18.8. The SMILES string of the molecule is COCOC1CCC(C(=O)O)CC1.FC(C(F)(F)F)C(F)(F)Oc1ccc(-c2ccccc2)cc1. The maximum absolute atomic E-state index is 13.1. The normalized spacial score (nSPS) is 19.3. The molecule has 1 aliphatic rings. The average Bonchev–Trinajstić information content (AvgIpc) is 2.83. The van der Waals surface area contributed by atoms with E-state index in [1.165, 1.54) is 12.1 Å². The Kier molecular flexibility index (Phi) is 10.4. The summed E-state index contributed by atoms with van der Waals surface area (Å²) in [7, 11) is 1.59. The number of carbonyl (C=O) groups is 1. The van der Waals surface area contributed by atoms with Crippen LogP contribution in [0.1, 0.15) is 25.7 Å². The van der Waals surface area contributed by atoms with Crippen molar-refractivity contribution in [3.63, 3.8) is 0 Å². The highest BCUT2D eigenvalue weighted by atomic mass is 19.4. The van der Waals surface area contributed by atoms with Gasteiger partial charge in [-0.15, -0.1) is 0 Å². The van der Waals surface area contributed by atoms with Crippen LogP contribution < -0.4 is 4.74 Å². The summed E-state index contributed by atoms with van der Waals surface area (Å²) in [5, 5.41) is 8.74. The van der Waals surface area contributed by atoms with Gasteiger partial charge in [-0.05, 0) is 48.9 Å². The zero-order chi connectivity index (χ0) is 26.1. The van der Waals surface area contributed by atoms with E-state index in [-0.39, 0.29) is 12.0 Å². The number of ether oxygens (including phenoxy) is 3. The first-order chi connectivity index (χ1) is 16.4. The van der Waals surface area contributed by atoms with Gasteiger partial charge in [0.2, 0.25) is 0 Å². The molecule has 1 atom stereocenters. The molecule has 0 heterocycles. The molecule has 3 rings (SSSR count). The molecule has 1 unspecified atom stereocenters. The van der Waals surface area contributed by atoms with Crippen molar-refractivity contribution in [1.29, 1.82) is 0 Å². The van der Waals surface area contributed by atoms with E-state index >= 15 is 0 Å². The Hall–Kier alpha value is -2.79. The van der Waals surface area contributed by atoms with E-state index in [0.717, 1.165) is 43.4 Å². The summed E-state index contributed by atoms with van der Waals surface area (Å²) in [4.78, 5) is 10.6. The molecule has 0 radical (unpaired) electrons. The minimum absolute atomic E-state index is 0.164. The van der Waals surface area contributed by atoms with Crippen molar-refractivity contribution in [3.8, 4) is 16.9 Å². The fraction of sp³-hybridized carbons (Fsp3) is 0.458. The number of methoxy groups -OCH3 is 1. The standard InChI is InChI=1S/C15H10F6O.C9H16O4/c16-13(14(17,18)19)15(20,21)22-12-8-6-11(7-9-12)10-4-2-1-3-5-10;1-12-6-13-8-4-2-7(3-5-8)9(10)11/h1-9,13H;7-8H,2-6H2,1H3,(H,10,11). The fourth-order valence-electron chi connectivity index (χ4n) is 3.39. The molecule has 0 aliphatic heterocycles. The van der Waals surface area contributed by atoms with Crippen molar-refractivity contribution >= 4 is 5.97 Å². The molecule has 1 aliphatic carbocycles. The molecule has 1 fully saturated rings. The van der Waals surface area contributed by atoms with E-state index in [4.69, 9.17) is 14.6 Å². The molecule has 0 bridgehead atoms. The van der Waals surface area contributed by atoms with Crippen LogP contribution in [-0.2, 0) is 14.3 Å². The highest BCUT2D eigenvalue weighted by molar-refractivity contribution is 5.70. The average molecular weight is 508 g/mol. The van der Waals surface area contributed by atoms with Gasteiger partial charge in [-0.1, -0.05) is 42.5 Å². The summed E-state index contributed by atoms with van der Waals surface area (Å²) in [5.74, 6) is -1.40. The molecule has 194 valence electrons. The van der Waals surface area contributed by atoms with Gasteiger partial charge in [0, 0.05) is 7.11 Å². The minimum atomic E-state index is -5.70. The number of hydrogen-bond acceptors (Lipinski definition) is 4. The van der Waals surface area contributed by atoms with E-state index in [9.17, 15) is 31.1 Å². The number of rotatable bonds is 8. The second-order valence-corrected chi connectivity index (χ2v) is 7.84. The predicted molar refractivity (Wildman–Crippen MR) is 115 cm³/mol. The smallest absolute Gasteiger partial charge is 0.439 e. The van der Waals surface area contributed by atoms with E-state index in [0.29, 0.717) is 12.4 Å². The van der Waals surface area contributed by atoms with Gasteiger partial charge in [0.15, 0.2) is 0 Å². The van der Waals surface area contributed by atoms with Crippen LogP contribution in [0.15, 0.2) is 54.6 Å². The molecular formula is C24H26F6O5. The number of aliphatic carboxylic acids is 1. The van der Waals surface area contributed by atoms with E-state index in [1.54, 1.807) is 37.4 Å². The monoisotopic (exact) mass is 508 g/mol. The molecule has 1 N–H and O–H groups in total.